The summed E-state index contributed by atoms with van der Waals surface area (Å²) in [6, 6.07) is 0.606. The Bertz CT molecular complexity index is 294. The van der Waals surface area contributed by atoms with Crippen LogP contribution in [-0.4, -0.2) is 21.0 Å². The molecule has 0 atom stereocenters. The van der Waals surface area contributed by atoms with Crippen molar-refractivity contribution in [2.75, 3.05) is 0 Å². The molecular formula is C9H14N4. The monoisotopic (exact) mass is 178 g/mol. The third kappa shape index (κ3) is 1.95. The largest absolute Gasteiger partial charge is 0.308 e. The van der Waals surface area contributed by atoms with Gasteiger partial charge in [-0.15, -0.1) is 5.10 Å². The van der Waals surface area contributed by atoms with Gasteiger partial charge in [0.1, 0.15) is 0 Å². The van der Waals surface area contributed by atoms with Gasteiger partial charge in [-0.05, 0) is 12.8 Å². The zero-order valence-electron chi connectivity index (χ0n) is 7.77. The van der Waals surface area contributed by atoms with E-state index < -0.39 is 0 Å². The van der Waals surface area contributed by atoms with E-state index >= 15 is 0 Å². The van der Waals surface area contributed by atoms with Crippen LogP contribution in [0.15, 0.2) is 18.3 Å². The molecule has 0 radical (unpaired) electrons. The Labute approximate surface area is 77.6 Å². The summed E-state index contributed by atoms with van der Waals surface area (Å²) in [5.41, 5.74) is 1.13. The number of nitrogens with zero attached hydrogens (tertiary/aromatic N) is 3. The van der Waals surface area contributed by atoms with Crippen molar-refractivity contribution in [2.45, 2.75) is 25.4 Å². The van der Waals surface area contributed by atoms with Gasteiger partial charge in [-0.3, -0.25) is 4.68 Å². The quantitative estimate of drug-likeness (QED) is 0.690. The lowest BCUT2D eigenvalue weighted by Crippen LogP contribution is -2.26. The van der Waals surface area contributed by atoms with Crippen molar-refractivity contribution in [3.63, 3.8) is 0 Å². The SMILES string of the molecule is Cn1nncc1CNC1CC=CC1. The summed E-state index contributed by atoms with van der Waals surface area (Å²) in [5.74, 6) is 0. The fraction of sp³-hybridized carbons (Fsp3) is 0.556. The average molecular weight is 178 g/mol. The van der Waals surface area contributed by atoms with Crippen molar-refractivity contribution >= 4 is 0 Å². The van der Waals surface area contributed by atoms with Crippen LogP contribution in [0.5, 0.6) is 0 Å². The normalized spacial score (nSPS) is 17.0. The summed E-state index contributed by atoms with van der Waals surface area (Å²) in [6.45, 7) is 0.857. The maximum Gasteiger partial charge on any atom is 0.0738 e. The Hall–Kier alpha value is -1.16. The summed E-state index contributed by atoms with van der Waals surface area (Å²) >= 11 is 0. The number of hydrogen-bond donors (Lipinski definition) is 1. The van der Waals surface area contributed by atoms with Crippen LogP contribution in [0.3, 0.4) is 0 Å². The van der Waals surface area contributed by atoms with Gasteiger partial charge in [0.15, 0.2) is 0 Å². The standard InChI is InChI=1S/C9H14N4/c1-13-9(7-11-12-13)6-10-8-4-2-3-5-8/h2-3,7-8,10H,4-6H2,1H3. The summed E-state index contributed by atoms with van der Waals surface area (Å²) < 4.78 is 1.80. The van der Waals surface area contributed by atoms with Crippen LogP contribution in [0.25, 0.3) is 0 Å². The molecule has 0 saturated heterocycles. The summed E-state index contributed by atoms with van der Waals surface area (Å²) in [5, 5.41) is 11.2. The predicted octanol–water partition coefficient (Wildman–Crippen LogP) is 0.623. The Kier molecular flexibility index (Phi) is 2.40. The van der Waals surface area contributed by atoms with Crippen molar-refractivity contribution in [1.82, 2.24) is 20.3 Å². The van der Waals surface area contributed by atoms with E-state index in [2.05, 4.69) is 27.8 Å². The van der Waals surface area contributed by atoms with Gasteiger partial charge < -0.3 is 5.32 Å². The molecule has 0 fully saturated rings. The van der Waals surface area contributed by atoms with Crippen molar-refractivity contribution < 1.29 is 0 Å². The first-order valence-corrected chi connectivity index (χ1v) is 4.58. The third-order valence-electron chi connectivity index (χ3n) is 2.39. The number of aryl methyl sites for hydroxylation is 1. The second-order valence-corrected chi connectivity index (χ2v) is 3.37. The van der Waals surface area contributed by atoms with Crippen LogP contribution in [-0.2, 0) is 13.6 Å². The van der Waals surface area contributed by atoms with E-state index in [0.717, 1.165) is 25.1 Å². The Balaban J connectivity index is 1.82. The minimum absolute atomic E-state index is 0.606. The summed E-state index contributed by atoms with van der Waals surface area (Å²) in [7, 11) is 1.91. The topological polar surface area (TPSA) is 42.7 Å². The van der Waals surface area contributed by atoms with Crippen LogP contribution in [0.2, 0.25) is 0 Å². The van der Waals surface area contributed by atoms with Crippen LogP contribution in [0.4, 0.5) is 0 Å². The molecule has 4 heteroatoms. The highest BCUT2D eigenvalue weighted by Crippen LogP contribution is 2.09. The summed E-state index contributed by atoms with van der Waals surface area (Å²) in [6.07, 6.45) is 8.53. The van der Waals surface area contributed by atoms with E-state index in [9.17, 15) is 0 Å². The number of aromatic nitrogens is 3. The van der Waals surface area contributed by atoms with E-state index in [1.165, 1.54) is 0 Å². The molecule has 4 nitrogen and oxygen atoms in total. The lowest BCUT2D eigenvalue weighted by Gasteiger charge is -2.10. The van der Waals surface area contributed by atoms with Crippen LogP contribution in [0, 0.1) is 0 Å². The van der Waals surface area contributed by atoms with Crippen molar-refractivity contribution in [3.8, 4) is 0 Å². The molecule has 0 bridgehead atoms. The maximum absolute atomic E-state index is 3.87. The first-order chi connectivity index (χ1) is 6.36. The molecule has 2 rings (SSSR count). The van der Waals surface area contributed by atoms with Gasteiger partial charge in [-0.2, -0.15) is 0 Å². The molecule has 0 amide bonds. The zero-order valence-corrected chi connectivity index (χ0v) is 7.77. The highest BCUT2D eigenvalue weighted by atomic mass is 15.4. The number of hydrogen-bond acceptors (Lipinski definition) is 3. The molecule has 0 aromatic carbocycles. The van der Waals surface area contributed by atoms with Gasteiger partial charge in [0.25, 0.3) is 0 Å². The second kappa shape index (κ2) is 3.70. The van der Waals surface area contributed by atoms with E-state index in [0.29, 0.717) is 6.04 Å². The third-order valence-corrected chi connectivity index (χ3v) is 2.39. The minimum Gasteiger partial charge on any atom is -0.308 e. The van der Waals surface area contributed by atoms with Gasteiger partial charge in [-0.25, -0.2) is 0 Å². The molecule has 1 heterocycles. The summed E-state index contributed by atoms with van der Waals surface area (Å²) in [4.78, 5) is 0. The van der Waals surface area contributed by atoms with Crippen molar-refractivity contribution in [2.24, 2.45) is 7.05 Å². The van der Waals surface area contributed by atoms with E-state index in [1.807, 2.05) is 7.05 Å². The van der Waals surface area contributed by atoms with E-state index in [4.69, 9.17) is 0 Å². The van der Waals surface area contributed by atoms with Gasteiger partial charge in [-0.1, -0.05) is 17.4 Å². The van der Waals surface area contributed by atoms with Crippen LogP contribution >= 0.6 is 0 Å². The molecular weight excluding hydrogens is 164 g/mol. The molecule has 13 heavy (non-hydrogen) atoms. The Morgan fingerprint density at radius 3 is 2.92 bits per heavy atom. The molecule has 0 unspecified atom stereocenters. The lowest BCUT2D eigenvalue weighted by molar-refractivity contribution is 0.519. The first-order valence-electron chi connectivity index (χ1n) is 4.58. The average Bonchev–Trinajstić information content (AvgIpc) is 2.72. The molecule has 0 aliphatic heterocycles. The number of rotatable bonds is 3. The highest BCUT2D eigenvalue weighted by molar-refractivity contribution is 5.00. The van der Waals surface area contributed by atoms with Crippen LogP contribution < -0.4 is 5.32 Å². The zero-order chi connectivity index (χ0) is 9.10. The minimum atomic E-state index is 0.606. The lowest BCUT2D eigenvalue weighted by atomic mass is 10.2. The Morgan fingerprint density at radius 1 is 1.54 bits per heavy atom. The van der Waals surface area contributed by atoms with Crippen LogP contribution in [0.1, 0.15) is 18.5 Å². The number of nitrogens with one attached hydrogen (secondary N) is 1. The van der Waals surface area contributed by atoms with E-state index in [-0.39, 0.29) is 0 Å². The smallest absolute Gasteiger partial charge is 0.0738 e. The van der Waals surface area contributed by atoms with E-state index in [1.54, 1.807) is 10.9 Å². The molecule has 1 aromatic rings. The Morgan fingerprint density at radius 2 is 2.31 bits per heavy atom. The maximum atomic E-state index is 3.87. The molecule has 0 spiro atoms. The van der Waals surface area contributed by atoms with Crippen molar-refractivity contribution in [1.29, 1.82) is 0 Å². The predicted molar refractivity (Wildman–Crippen MR) is 50.0 cm³/mol. The molecule has 70 valence electrons. The van der Waals surface area contributed by atoms with Gasteiger partial charge in [0.2, 0.25) is 0 Å². The fourth-order valence-corrected chi connectivity index (χ4v) is 1.50. The molecule has 1 aliphatic carbocycles. The molecule has 0 saturated carbocycles. The fourth-order valence-electron chi connectivity index (χ4n) is 1.50. The van der Waals surface area contributed by atoms with Crippen molar-refractivity contribution in [3.05, 3.63) is 24.0 Å². The van der Waals surface area contributed by atoms with Gasteiger partial charge in [0, 0.05) is 19.6 Å². The first kappa shape index (κ1) is 8.44. The highest BCUT2D eigenvalue weighted by Gasteiger charge is 2.09. The molecule has 1 aliphatic rings. The molecule has 1 N–H and O–H groups in total. The van der Waals surface area contributed by atoms with Gasteiger partial charge >= 0.3 is 0 Å². The second-order valence-electron chi connectivity index (χ2n) is 3.37. The van der Waals surface area contributed by atoms with Gasteiger partial charge in [0.05, 0.1) is 11.9 Å². The molecule has 1 aromatic heterocycles.